The van der Waals surface area contributed by atoms with Crippen LogP contribution in [0.2, 0.25) is 0 Å². The Kier molecular flexibility index (Phi) is 2.74. The van der Waals surface area contributed by atoms with Gasteiger partial charge in [0.25, 0.3) is 11.8 Å². The summed E-state index contributed by atoms with van der Waals surface area (Å²) in [4.78, 5) is 27.7. The molecule has 0 aliphatic carbocycles. The van der Waals surface area contributed by atoms with E-state index in [9.17, 15) is 9.59 Å². The average molecular weight is 257 g/mol. The van der Waals surface area contributed by atoms with Crippen LogP contribution in [0, 0.1) is 0 Å². The number of nitrogens with one attached hydrogen (secondary N) is 1. The minimum Gasteiger partial charge on any atom is -0.370 e. The quantitative estimate of drug-likeness (QED) is 0.821. The zero-order valence-electron chi connectivity index (χ0n) is 10.7. The zero-order chi connectivity index (χ0) is 13.4. The molecular formula is C14H15N3O2. The second-order valence-electron chi connectivity index (χ2n) is 4.70. The van der Waals surface area contributed by atoms with E-state index >= 15 is 0 Å². The van der Waals surface area contributed by atoms with E-state index in [4.69, 9.17) is 0 Å². The Balaban J connectivity index is 1.72. The third-order valence-corrected chi connectivity index (χ3v) is 3.56. The van der Waals surface area contributed by atoms with E-state index in [1.54, 1.807) is 24.3 Å². The van der Waals surface area contributed by atoms with E-state index in [1.165, 1.54) is 4.90 Å². The minimum atomic E-state index is -0.190. The Morgan fingerprint density at radius 3 is 2.26 bits per heavy atom. The second-order valence-corrected chi connectivity index (χ2v) is 4.70. The maximum absolute atomic E-state index is 12.1. The van der Waals surface area contributed by atoms with Crippen LogP contribution in [0.5, 0.6) is 0 Å². The number of fused-ring (bicyclic) bond motifs is 1. The highest BCUT2D eigenvalue weighted by atomic mass is 16.2. The maximum Gasteiger partial charge on any atom is 0.261 e. The van der Waals surface area contributed by atoms with Gasteiger partial charge in [0, 0.05) is 25.5 Å². The molecule has 2 amide bonds. The van der Waals surface area contributed by atoms with Gasteiger partial charge in [-0.1, -0.05) is 12.1 Å². The largest absolute Gasteiger partial charge is 0.370 e. The summed E-state index contributed by atoms with van der Waals surface area (Å²) in [6, 6.07) is 6.97. The first kappa shape index (κ1) is 11.8. The molecular weight excluding hydrogens is 242 g/mol. The number of rotatable bonds is 3. The van der Waals surface area contributed by atoms with Crippen LogP contribution < -0.4 is 5.32 Å². The summed E-state index contributed by atoms with van der Waals surface area (Å²) in [7, 11) is 0. The predicted molar refractivity (Wildman–Crippen MR) is 70.3 cm³/mol. The molecule has 2 aliphatic heterocycles. The van der Waals surface area contributed by atoms with Crippen molar-refractivity contribution in [1.82, 2.24) is 15.1 Å². The number of benzene rings is 1. The molecule has 5 nitrogen and oxygen atoms in total. The van der Waals surface area contributed by atoms with Gasteiger partial charge in [0.15, 0.2) is 0 Å². The summed E-state index contributed by atoms with van der Waals surface area (Å²) in [5.74, 6) is -0.381. The lowest BCUT2D eigenvalue weighted by Gasteiger charge is -2.24. The molecule has 2 aliphatic rings. The van der Waals surface area contributed by atoms with Crippen molar-refractivity contribution < 1.29 is 9.59 Å². The Bertz CT molecular complexity index is 533. The van der Waals surface area contributed by atoms with E-state index in [0.717, 1.165) is 0 Å². The minimum absolute atomic E-state index is 0.190. The monoisotopic (exact) mass is 257 g/mol. The van der Waals surface area contributed by atoms with Gasteiger partial charge >= 0.3 is 0 Å². The number of hydrogen-bond donors (Lipinski definition) is 1. The predicted octanol–water partition coefficient (Wildman–Crippen LogP) is 1.00. The molecule has 0 bridgehead atoms. The fourth-order valence-corrected chi connectivity index (χ4v) is 2.43. The zero-order valence-corrected chi connectivity index (χ0v) is 10.7. The first-order chi connectivity index (χ1) is 9.18. The molecule has 0 saturated heterocycles. The van der Waals surface area contributed by atoms with Gasteiger partial charge < -0.3 is 10.2 Å². The number of hydrogen-bond acceptors (Lipinski definition) is 4. The summed E-state index contributed by atoms with van der Waals surface area (Å²) in [5, 5.41) is 3.14. The molecule has 3 rings (SSSR count). The molecule has 5 heteroatoms. The first-order valence-corrected chi connectivity index (χ1v) is 6.32. The van der Waals surface area contributed by atoms with Crippen molar-refractivity contribution in [1.29, 1.82) is 0 Å². The smallest absolute Gasteiger partial charge is 0.261 e. The molecule has 1 N–H and O–H groups in total. The molecule has 0 fully saturated rings. The molecule has 19 heavy (non-hydrogen) atoms. The van der Waals surface area contributed by atoms with Gasteiger partial charge in [-0.25, -0.2) is 0 Å². The lowest BCUT2D eigenvalue weighted by Crippen LogP contribution is -2.40. The Morgan fingerprint density at radius 1 is 1.11 bits per heavy atom. The molecule has 0 saturated carbocycles. The van der Waals surface area contributed by atoms with Crippen LogP contribution in [0.3, 0.4) is 0 Å². The maximum atomic E-state index is 12.1. The molecule has 0 spiro atoms. The molecule has 1 unspecified atom stereocenters. The van der Waals surface area contributed by atoms with Crippen LogP contribution >= 0.6 is 0 Å². The normalized spacial score (nSPS) is 21.0. The summed E-state index contributed by atoms with van der Waals surface area (Å²) >= 11 is 0. The van der Waals surface area contributed by atoms with E-state index < -0.39 is 0 Å². The second kappa shape index (κ2) is 4.42. The van der Waals surface area contributed by atoms with Gasteiger partial charge in [0.2, 0.25) is 0 Å². The fraction of sp³-hybridized carbons (Fsp3) is 0.286. The van der Waals surface area contributed by atoms with Crippen molar-refractivity contribution in [3.8, 4) is 0 Å². The van der Waals surface area contributed by atoms with Gasteiger partial charge in [0.05, 0.1) is 17.3 Å². The van der Waals surface area contributed by atoms with Crippen LogP contribution in [0.1, 0.15) is 27.6 Å². The summed E-state index contributed by atoms with van der Waals surface area (Å²) in [5.41, 5.74) is 1.02. The van der Waals surface area contributed by atoms with Gasteiger partial charge in [-0.05, 0) is 19.1 Å². The topological polar surface area (TPSA) is 52.6 Å². The van der Waals surface area contributed by atoms with Crippen LogP contribution in [0.15, 0.2) is 36.7 Å². The highest BCUT2D eigenvalue weighted by Crippen LogP contribution is 2.22. The molecule has 1 atom stereocenters. The van der Waals surface area contributed by atoms with Gasteiger partial charge in [-0.15, -0.1) is 0 Å². The Labute approximate surface area is 111 Å². The first-order valence-electron chi connectivity index (χ1n) is 6.32. The van der Waals surface area contributed by atoms with Crippen molar-refractivity contribution in [2.24, 2.45) is 0 Å². The lowest BCUT2D eigenvalue weighted by atomic mass is 10.1. The SMILES string of the molecule is CC1NC=CN1CCN1C(=O)c2ccccc2C1=O. The van der Waals surface area contributed by atoms with Crippen molar-refractivity contribution >= 4 is 11.8 Å². The molecule has 2 heterocycles. The van der Waals surface area contributed by atoms with E-state index in [2.05, 4.69) is 10.2 Å². The van der Waals surface area contributed by atoms with Crippen LogP contribution in [0.25, 0.3) is 0 Å². The number of amides is 2. The van der Waals surface area contributed by atoms with E-state index in [-0.39, 0.29) is 18.0 Å². The van der Waals surface area contributed by atoms with E-state index in [0.29, 0.717) is 24.2 Å². The number of nitrogens with zero attached hydrogens (tertiary/aromatic N) is 2. The van der Waals surface area contributed by atoms with Gasteiger partial charge in [-0.3, -0.25) is 14.5 Å². The van der Waals surface area contributed by atoms with Crippen molar-refractivity contribution in [2.45, 2.75) is 13.1 Å². The molecule has 0 radical (unpaired) electrons. The number of carbonyl (C=O) groups is 2. The van der Waals surface area contributed by atoms with Crippen LogP contribution in [-0.2, 0) is 0 Å². The third kappa shape index (κ3) is 1.87. The molecule has 98 valence electrons. The number of imide groups is 1. The van der Waals surface area contributed by atoms with Crippen LogP contribution in [-0.4, -0.2) is 40.9 Å². The highest BCUT2D eigenvalue weighted by molar-refractivity contribution is 6.21. The lowest BCUT2D eigenvalue weighted by molar-refractivity contribution is 0.0639. The van der Waals surface area contributed by atoms with Crippen molar-refractivity contribution in [3.63, 3.8) is 0 Å². The Hall–Kier alpha value is -2.30. The molecule has 1 aromatic carbocycles. The number of carbonyl (C=O) groups excluding carboxylic acids is 2. The summed E-state index contributed by atoms with van der Waals surface area (Å²) in [6.07, 6.45) is 4.01. The molecule has 1 aromatic rings. The van der Waals surface area contributed by atoms with Crippen molar-refractivity contribution in [3.05, 3.63) is 47.8 Å². The average Bonchev–Trinajstić information content (AvgIpc) is 2.93. The fourth-order valence-electron chi connectivity index (χ4n) is 2.43. The van der Waals surface area contributed by atoms with Crippen molar-refractivity contribution in [2.75, 3.05) is 13.1 Å². The molecule has 0 aromatic heterocycles. The summed E-state index contributed by atoms with van der Waals surface area (Å²) in [6.45, 7) is 3.07. The summed E-state index contributed by atoms with van der Waals surface area (Å²) < 4.78 is 0. The highest BCUT2D eigenvalue weighted by Gasteiger charge is 2.35. The third-order valence-electron chi connectivity index (χ3n) is 3.56. The van der Waals surface area contributed by atoms with Gasteiger partial charge in [-0.2, -0.15) is 0 Å². The Morgan fingerprint density at radius 2 is 1.74 bits per heavy atom. The van der Waals surface area contributed by atoms with E-state index in [1.807, 2.05) is 19.3 Å². The van der Waals surface area contributed by atoms with Crippen LogP contribution in [0.4, 0.5) is 0 Å². The van der Waals surface area contributed by atoms with Gasteiger partial charge in [0.1, 0.15) is 0 Å². The standard InChI is InChI=1S/C14H15N3O2/c1-10-15-6-7-16(10)8-9-17-13(18)11-4-2-3-5-12(11)14(17)19/h2-7,10,15H,8-9H2,1H3.